The molecule has 3 N–H and O–H groups in total. The number of terminal acetylenes is 1. The van der Waals surface area contributed by atoms with Crippen molar-refractivity contribution in [2.24, 2.45) is 11.8 Å². The first-order valence-electron chi connectivity index (χ1n) is 21.5. The number of allylic oxidation sites excluding steroid dienone is 7. The van der Waals surface area contributed by atoms with Crippen LogP contribution in [0.1, 0.15) is 97.6 Å². The molecule has 0 bridgehead atoms. The summed E-state index contributed by atoms with van der Waals surface area (Å²) in [7, 11) is 0. The van der Waals surface area contributed by atoms with Crippen LogP contribution in [0.15, 0.2) is 121 Å². The zero-order chi connectivity index (χ0) is 43.7. The predicted octanol–water partition coefficient (Wildman–Crippen LogP) is 9.15. The summed E-state index contributed by atoms with van der Waals surface area (Å²) in [6.45, 7) is 13.8. The fourth-order valence-electron chi connectivity index (χ4n) is 7.26. The molecule has 60 heavy (non-hydrogen) atoms. The lowest BCUT2D eigenvalue weighted by Crippen LogP contribution is -2.38. The van der Waals surface area contributed by atoms with Gasteiger partial charge < -0.3 is 25.8 Å². The van der Waals surface area contributed by atoms with Crippen molar-refractivity contribution >= 4 is 35.5 Å². The van der Waals surface area contributed by atoms with Crippen molar-refractivity contribution in [1.82, 2.24) is 20.4 Å². The van der Waals surface area contributed by atoms with Crippen molar-refractivity contribution in [3.05, 3.63) is 132 Å². The van der Waals surface area contributed by atoms with Crippen LogP contribution in [-0.2, 0) is 25.6 Å². The monoisotopic (exact) mass is 814 g/mol. The minimum absolute atomic E-state index is 0.0246. The molecule has 4 amide bonds. The Morgan fingerprint density at radius 1 is 0.983 bits per heavy atom. The molecule has 320 valence electrons. The fraction of sp³-hybridized carbons (Fsp3) is 0.412. The van der Waals surface area contributed by atoms with Gasteiger partial charge in [-0.05, 0) is 87.6 Å². The van der Waals surface area contributed by atoms with E-state index in [1.807, 2.05) is 84.6 Å². The summed E-state index contributed by atoms with van der Waals surface area (Å²) >= 11 is 0. The van der Waals surface area contributed by atoms with Gasteiger partial charge in [-0.2, -0.15) is 0 Å². The quantitative estimate of drug-likeness (QED) is 0.0890. The summed E-state index contributed by atoms with van der Waals surface area (Å²) in [5.41, 5.74) is 5.70. The maximum atomic E-state index is 13.0. The van der Waals surface area contributed by atoms with Gasteiger partial charge in [-0.3, -0.25) is 19.2 Å². The average molecular weight is 814 g/mol. The van der Waals surface area contributed by atoms with Crippen molar-refractivity contribution in [2.45, 2.75) is 105 Å². The van der Waals surface area contributed by atoms with Crippen molar-refractivity contribution in [3.8, 4) is 12.3 Å². The van der Waals surface area contributed by atoms with E-state index in [1.165, 1.54) is 0 Å². The molecule has 9 heteroatoms. The molecular formula is C51H67N5O4. The molecule has 1 saturated heterocycles. The summed E-state index contributed by atoms with van der Waals surface area (Å²) < 4.78 is 0. The second-order valence-electron chi connectivity index (χ2n) is 15.3. The zero-order valence-electron chi connectivity index (χ0n) is 36.7. The number of rotatable bonds is 16. The van der Waals surface area contributed by atoms with Crippen molar-refractivity contribution in [2.75, 3.05) is 25.0 Å². The average Bonchev–Trinajstić information content (AvgIpc) is 3.57. The molecule has 1 heterocycles. The van der Waals surface area contributed by atoms with Crippen LogP contribution < -0.4 is 16.0 Å². The summed E-state index contributed by atoms with van der Waals surface area (Å²) in [6.07, 6.45) is 30.1. The first kappa shape index (κ1) is 48.5. The third-order valence-electron chi connectivity index (χ3n) is 10.7. The molecule has 0 spiro atoms. The first-order chi connectivity index (χ1) is 29.1. The standard InChI is InChI=1S/C34H44N4O3.C14H19NO.C3H4/c1-4-12-31(37-32-20-19-30(35-25-39)23-27(32)6-3)28-15-17-29(18-16-28)36-33(40)24-38(21-5-2)34(41)22-26-13-10-8-7-9-11-14-26;1-11-8-9-15(12(11)2)14(16)10-13-6-4-3-5-7-13;1-3-2/h8-13,15-20,23,25,27,32,37H,4-7,14,21-22,24H2,1-3H3,(H,35,39)(H,36,40);3-7,11-12H,8-10H2,1-2H3;1H,2H3/b10-8-,11-9?,26-13+,31-12+;;. The fourth-order valence-corrected chi connectivity index (χ4v) is 7.26. The number of benzene rings is 2. The van der Waals surface area contributed by atoms with Gasteiger partial charge in [0.25, 0.3) is 0 Å². The summed E-state index contributed by atoms with van der Waals surface area (Å²) in [6, 6.07) is 18.2. The van der Waals surface area contributed by atoms with Gasteiger partial charge in [-0.15, -0.1) is 12.3 Å². The number of carbonyl (C=O) groups excluding carboxylic acids is 4. The van der Waals surface area contributed by atoms with Crippen LogP contribution in [0.2, 0.25) is 0 Å². The van der Waals surface area contributed by atoms with E-state index in [-0.39, 0.29) is 36.2 Å². The molecule has 4 unspecified atom stereocenters. The predicted molar refractivity (Wildman–Crippen MR) is 247 cm³/mol. The number of anilines is 1. The highest BCUT2D eigenvalue weighted by Gasteiger charge is 2.30. The van der Waals surface area contributed by atoms with E-state index in [0.717, 1.165) is 73.2 Å². The third kappa shape index (κ3) is 16.4. The lowest BCUT2D eigenvalue weighted by molar-refractivity contribution is -0.134. The van der Waals surface area contributed by atoms with Gasteiger partial charge in [0.15, 0.2) is 0 Å². The Morgan fingerprint density at radius 2 is 1.72 bits per heavy atom. The molecule has 0 aromatic heterocycles. The molecule has 2 aliphatic carbocycles. The van der Waals surface area contributed by atoms with E-state index in [0.29, 0.717) is 43.4 Å². The topological polar surface area (TPSA) is 111 Å². The van der Waals surface area contributed by atoms with Crippen LogP contribution in [0, 0.1) is 24.2 Å². The van der Waals surface area contributed by atoms with Gasteiger partial charge >= 0.3 is 0 Å². The molecule has 3 aliphatic rings. The summed E-state index contributed by atoms with van der Waals surface area (Å²) in [5.74, 6) is 3.16. The van der Waals surface area contributed by atoms with Gasteiger partial charge in [0, 0.05) is 48.6 Å². The normalized spacial score (nSPS) is 20.8. The van der Waals surface area contributed by atoms with Gasteiger partial charge in [0.1, 0.15) is 0 Å². The molecule has 0 radical (unpaired) electrons. The Morgan fingerprint density at radius 3 is 2.35 bits per heavy atom. The molecule has 5 rings (SSSR count). The van der Waals surface area contributed by atoms with Gasteiger partial charge in [0.05, 0.1) is 19.0 Å². The van der Waals surface area contributed by atoms with Crippen LogP contribution in [0.25, 0.3) is 5.70 Å². The number of hydrogen-bond acceptors (Lipinski definition) is 5. The smallest absolute Gasteiger partial charge is 0.243 e. The molecule has 9 nitrogen and oxygen atoms in total. The number of amides is 4. The minimum atomic E-state index is -0.210. The largest absolute Gasteiger partial charge is 0.378 e. The Labute approximate surface area is 359 Å². The van der Waals surface area contributed by atoms with Crippen LogP contribution in [0.4, 0.5) is 5.69 Å². The molecule has 0 saturated carbocycles. The van der Waals surface area contributed by atoms with Crippen molar-refractivity contribution < 1.29 is 19.2 Å². The van der Waals surface area contributed by atoms with Crippen LogP contribution in [0.3, 0.4) is 0 Å². The van der Waals surface area contributed by atoms with Crippen molar-refractivity contribution in [1.29, 1.82) is 0 Å². The van der Waals surface area contributed by atoms with Gasteiger partial charge in [0.2, 0.25) is 24.1 Å². The second kappa shape index (κ2) is 27.0. The zero-order valence-corrected chi connectivity index (χ0v) is 36.7. The van der Waals surface area contributed by atoms with E-state index < -0.39 is 0 Å². The SMILES string of the molecule is C#CC.CC/C=C(/NC1C=CC(NC=O)=CC1CC)c1ccc(NC(=O)CN(CCC)C(=O)C/C2=C/C=C\CC=CC2)cc1.CC1CCN(C(=O)Cc2ccccc2)C1C. The minimum Gasteiger partial charge on any atom is -0.378 e. The van der Waals surface area contributed by atoms with Crippen LogP contribution in [0.5, 0.6) is 0 Å². The Bertz CT molecular complexity index is 1900. The summed E-state index contributed by atoms with van der Waals surface area (Å²) in [5, 5.41) is 9.35. The van der Waals surface area contributed by atoms with E-state index in [1.54, 1.807) is 11.8 Å². The molecule has 4 atom stereocenters. The van der Waals surface area contributed by atoms with Gasteiger partial charge in [-0.1, -0.05) is 124 Å². The third-order valence-corrected chi connectivity index (χ3v) is 10.7. The Balaban J connectivity index is 0.000000416. The summed E-state index contributed by atoms with van der Waals surface area (Å²) in [4.78, 5) is 52.6. The van der Waals surface area contributed by atoms with Crippen molar-refractivity contribution in [3.63, 3.8) is 0 Å². The molecule has 2 aromatic carbocycles. The number of nitrogens with zero attached hydrogens (tertiary/aromatic N) is 2. The molecule has 2 aromatic rings. The number of carbonyl (C=O) groups is 4. The molecule has 1 fully saturated rings. The van der Waals surface area contributed by atoms with E-state index >= 15 is 0 Å². The Kier molecular flexibility index (Phi) is 21.8. The van der Waals surface area contributed by atoms with Crippen LogP contribution in [-0.4, -0.2) is 65.6 Å². The molecular weight excluding hydrogens is 747 g/mol. The Hall–Kier alpha value is -5.88. The molecule has 1 aliphatic heterocycles. The lowest BCUT2D eigenvalue weighted by Gasteiger charge is -2.28. The number of hydrogen-bond donors (Lipinski definition) is 3. The lowest BCUT2D eigenvalue weighted by atomic mass is 9.90. The highest BCUT2D eigenvalue weighted by atomic mass is 16.2. The van der Waals surface area contributed by atoms with E-state index in [9.17, 15) is 19.2 Å². The van der Waals surface area contributed by atoms with Crippen LogP contribution >= 0.6 is 0 Å². The van der Waals surface area contributed by atoms with Gasteiger partial charge in [-0.25, -0.2) is 0 Å². The highest BCUT2D eigenvalue weighted by Crippen LogP contribution is 2.25. The van der Waals surface area contributed by atoms with E-state index in [4.69, 9.17) is 0 Å². The maximum Gasteiger partial charge on any atom is 0.243 e. The highest BCUT2D eigenvalue weighted by molar-refractivity contribution is 5.95. The maximum absolute atomic E-state index is 13.0. The first-order valence-corrected chi connectivity index (χ1v) is 21.5. The number of likely N-dealkylation sites (tertiary alicyclic amines) is 1. The number of nitrogens with one attached hydrogen (secondary N) is 3. The van der Waals surface area contributed by atoms with E-state index in [2.05, 4.69) is 92.4 Å². The second-order valence-corrected chi connectivity index (χ2v) is 15.3.